The number of carbonyl (C=O) groups is 1. The second kappa shape index (κ2) is 7.96. The molecule has 1 aliphatic rings. The van der Waals surface area contributed by atoms with Crippen LogP contribution in [0.25, 0.3) is 0 Å². The summed E-state index contributed by atoms with van der Waals surface area (Å²) in [5.74, 6) is -0.275. The van der Waals surface area contributed by atoms with E-state index >= 15 is 0 Å². The summed E-state index contributed by atoms with van der Waals surface area (Å²) in [5, 5.41) is 9.67. The predicted octanol–water partition coefficient (Wildman–Crippen LogP) is 3.71. The maximum absolute atomic E-state index is 12.0. The first kappa shape index (κ1) is 17.2. The van der Waals surface area contributed by atoms with E-state index < -0.39 is 0 Å². The lowest BCUT2D eigenvalue weighted by Crippen LogP contribution is -2.57. The Labute approximate surface area is 148 Å². The number of nitriles is 1. The molecule has 3 atom stereocenters. The molecule has 1 fully saturated rings. The molecule has 0 N–H and O–H groups in total. The first-order valence-electron chi connectivity index (χ1n) is 8.64. The molecule has 128 valence electrons. The number of hydrogen-bond donors (Lipinski definition) is 0. The van der Waals surface area contributed by atoms with E-state index in [-0.39, 0.29) is 30.4 Å². The van der Waals surface area contributed by atoms with Crippen molar-refractivity contribution in [2.75, 3.05) is 6.61 Å². The molecule has 0 bridgehead atoms. The van der Waals surface area contributed by atoms with E-state index in [1.54, 1.807) is 6.92 Å². The Morgan fingerprint density at radius 2 is 1.76 bits per heavy atom. The van der Waals surface area contributed by atoms with Gasteiger partial charge in [0.25, 0.3) is 0 Å². The second-order valence-corrected chi connectivity index (χ2v) is 6.26. The van der Waals surface area contributed by atoms with Crippen molar-refractivity contribution in [3.8, 4) is 6.07 Å². The minimum absolute atomic E-state index is 0.0461. The average molecular weight is 334 g/mol. The van der Waals surface area contributed by atoms with Crippen LogP contribution in [0.3, 0.4) is 0 Å². The van der Waals surface area contributed by atoms with E-state index in [4.69, 9.17) is 4.74 Å². The number of ether oxygens (including phenoxy) is 1. The largest absolute Gasteiger partial charge is 0.466 e. The van der Waals surface area contributed by atoms with E-state index in [0.717, 1.165) is 5.56 Å². The zero-order valence-electron chi connectivity index (χ0n) is 14.3. The molecule has 0 saturated carbocycles. The van der Waals surface area contributed by atoms with Gasteiger partial charge in [0.15, 0.2) is 0 Å². The summed E-state index contributed by atoms with van der Waals surface area (Å²) in [7, 11) is 0. The highest BCUT2D eigenvalue weighted by molar-refractivity contribution is 5.70. The fraction of sp³-hybridized carbons (Fsp3) is 0.333. The zero-order chi connectivity index (χ0) is 17.6. The maximum Gasteiger partial charge on any atom is 0.306 e. The molecule has 1 heterocycles. The van der Waals surface area contributed by atoms with Crippen LogP contribution in [0.5, 0.6) is 0 Å². The van der Waals surface area contributed by atoms with Gasteiger partial charge in [-0.25, -0.2) is 0 Å². The lowest BCUT2D eigenvalue weighted by molar-refractivity contribution is -0.149. The van der Waals surface area contributed by atoms with Crippen molar-refractivity contribution in [1.82, 2.24) is 4.90 Å². The molecule has 0 unspecified atom stereocenters. The van der Waals surface area contributed by atoms with Crippen molar-refractivity contribution in [3.05, 3.63) is 71.8 Å². The minimum atomic E-state index is -0.283. The van der Waals surface area contributed by atoms with Crippen LogP contribution in [-0.2, 0) is 16.1 Å². The van der Waals surface area contributed by atoms with Crippen molar-refractivity contribution >= 4 is 5.97 Å². The Morgan fingerprint density at radius 1 is 1.12 bits per heavy atom. The Kier molecular flexibility index (Phi) is 5.47. The molecule has 3 rings (SSSR count). The smallest absolute Gasteiger partial charge is 0.306 e. The maximum atomic E-state index is 12.0. The molecule has 1 aliphatic heterocycles. The summed E-state index contributed by atoms with van der Waals surface area (Å²) in [5.41, 5.74) is 2.30. The lowest BCUT2D eigenvalue weighted by Gasteiger charge is -2.52. The van der Waals surface area contributed by atoms with Gasteiger partial charge in [0.1, 0.15) is 6.04 Å². The summed E-state index contributed by atoms with van der Waals surface area (Å²) >= 11 is 0. The van der Waals surface area contributed by atoms with Gasteiger partial charge in [-0.3, -0.25) is 9.69 Å². The zero-order valence-corrected chi connectivity index (χ0v) is 14.3. The van der Waals surface area contributed by atoms with Crippen LogP contribution in [0.2, 0.25) is 0 Å². The summed E-state index contributed by atoms with van der Waals surface area (Å²) < 4.78 is 5.11. The number of benzene rings is 2. The Morgan fingerprint density at radius 3 is 2.36 bits per heavy atom. The first-order chi connectivity index (χ1) is 12.2. The van der Waals surface area contributed by atoms with Crippen LogP contribution in [0.4, 0.5) is 0 Å². The number of esters is 1. The minimum Gasteiger partial charge on any atom is -0.466 e. The molecular formula is C21H22N2O2. The van der Waals surface area contributed by atoms with Crippen molar-refractivity contribution in [1.29, 1.82) is 5.26 Å². The number of rotatable bonds is 6. The topological polar surface area (TPSA) is 53.3 Å². The van der Waals surface area contributed by atoms with Gasteiger partial charge >= 0.3 is 5.97 Å². The molecule has 0 aliphatic carbocycles. The van der Waals surface area contributed by atoms with Crippen LogP contribution in [0.1, 0.15) is 30.5 Å². The molecule has 0 spiro atoms. The molecule has 2 aromatic carbocycles. The fourth-order valence-corrected chi connectivity index (χ4v) is 3.62. The average Bonchev–Trinajstić information content (AvgIpc) is 2.63. The number of likely N-dealkylation sites (tertiary alicyclic amines) is 1. The lowest BCUT2D eigenvalue weighted by atomic mass is 9.74. The van der Waals surface area contributed by atoms with Crippen LogP contribution >= 0.6 is 0 Å². The highest BCUT2D eigenvalue weighted by Crippen LogP contribution is 2.46. The van der Waals surface area contributed by atoms with Crippen LogP contribution in [-0.4, -0.2) is 23.5 Å². The summed E-state index contributed by atoms with van der Waals surface area (Å²) in [6, 6.07) is 22.4. The monoisotopic (exact) mass is 334 g/mol. The molecule has 0 amide bonds. The van der Waals surface area contributed by atoms with Crippen molar-refractivity contribution in [2.24, 2.45) is 5.92 Å². The van der Waals surface area contributed by atoms with Gasteiger partial charge in [0, 0.05) is 18.5 Å². The first-order valence-corrected chi connectivity index (χ1v) is 8.64. The molecular weight excluding hydrogens is 312 g/mol. The van der Waals surface area contributed by atoms with Crippen LogP contribution in [0.15, 0.2) is 60.7 Å². The van der Waals surface area contributed by atoms with Crippen LogP contribution in [0, 0.1) is 17.2 Å². The van der Waals surface area contributed by atoms with Gasteiger partial charge in [-0.1, -0.05) is 60.7 Å². The summed E-state index contributed by atoms with van der Waals surface area (Å²) in [4.78, 5) is 14.2. The molecule has 4 nitrogen and oxygen atoms in total. The van der Waals surface area contributed by atoms with Crippen molar-refractivity contribution < 1.29 is 9.53 Å². The quantitative estimate of drug-likeness (QED) is 0.756. The second-order valence-electron chi connectivity index (χ2n) is 6.26. The number of nitrogens with zero attached hydrogens (tertiary/aromatic N) is 2. The summed E-state index contributed by atoms with van der Waals surface area (Å²) in [6.45, 7) is 2.86. The van der Waals surface area contributed by atoms with E-state index in [2.05, 4.69) is 35.2 Å². The van der Waals surface area contributed by atoms with Gasteiger partial charge < -0.3 is 4.74 Å². The highest BCUT2D eigenvalue weighted by atomic mass is 16.5. The Balaban J connectivity index is 1.85. The van der Waals surface area contributed by atoms with E-state index in [0.29, 0.717) is 13.2 Å². The third-order valence-corrected chi connectivity index (χ3v) is 4.71. The molecule has 0 aromatic heterocycles. The Hall–Kier alpha value is -2.64. The molecule has 4 heteroatoms. The molecule has 25 heavy (non-hydrogen) atoms. The van der Waals surface area contributed by atoms with Crippen LogP contribution < -0.4 is 0 Å². The number of carbonyl (C=O) groups excluding carboxylic acids is 1. The van der Waals surface area contributed by atoms with Gasteiger partial charge in [0.2, 0.25) is 0 Å². The van der Waals surface area contributed by atoms with E-state index in [9.17, 15) is 10.1 Å². The van der Waals surface area contributed by atoms with Gasteiger partial charge in [-0.2, -0.15) is 5.26 Å². The molecule has 2 aromatic rings. The van der Waals surface area contributed by atoms with Gasteiger partial charge in [-0.15, -0.1) is 0 Å². The van der Waals surface area contributed by atoms with E-state index in [1.807, 2.05) is 36.4 Å². The van der Waals surface area contributed by atoms with Gasteiger partial charge in [-0.05, 0) is 18.1 Å². The third-order valence-electron chi connectivity index (χ3n) is 4.71. The number of hydrogen-bond acceptors (Lipinski definition) is 4. The third kappa shape index (κ3) is 3.72. The highest BCUT2D eigenvalue weighted by Gasteiger charge is 2.50. The molecule has 0 radical (unpaired) electrons. The summed E-state index contributed by atoms with van der Waals surface area (Å²) in [6.07, 6.45) is 0.275. The van der Waals surface area contributed by atoms with Crippen molar-refractivity contribution in [2.45, 2.75) is 32.0 Å². The predicted molar refractivity (Wildman–Crippen MR) is 95.3 cm³/mol. The van der Waals surface area contributed by atoms with Gasteiger partial charge in [0.05, 0.1) is 19.1 Å². The normalized spacial score (nSPS) is 22.6. The SMILES string of the molecule is CCOC(=O)C[C@@H]1[C@H](C#N)N(Cc2ccccc2)[C@H]1c1ccccc1. The van der Waals surface area contributed by atoms with E-state index in [1.165, 1.54) is 5.56 Å². The fourth-order valence-electron chi connectivity index (χ4n) is 3.62. The Bertz CT molecular complexity index is 739. The van der Waals surface area contributed by atoms with Crippen molar-refractivity contribution in [3.63, 3.8) is 0 Å². The molecule has 1 saturated heterocycles. The standard InChI is InChI=1S/C21H22N2O2/c1-2-25-20(24)13-18-19(14-22)23(15-16-9-5-3-6-10-16)21(18)17-11-7-4-8-12-17/h3-12,18-19,21H,2,13,15H2,1H3/t18-,19+,21+/m1/s1.